The minimum Gasteiger partial charge on any atom is -0.495 e. The van der Waals surface area contributed by atoms with Gasteiger partial charge in [-0.05, 0) is 17.7 Å². The van der Waals surface area contributed by atoms with E-state index in [9.17, 15) is 15.4 Å². The van der Waals surface area contributed by atoms with Crippen molar-refractivity contribution in [2.75, 3.05) is 12.4 Å². The van der Waals surface area contributed by atoms with E-state index in [1.807, 2.05) is 12.1 Å². The van der Waals surface area contributed by atoms with E-state index in [-0.39, 0.29) is 5.69 Å². The van der Waals surface area contributed by atoms with Crippen LogP contribution in [0.15, 0.2) is 48.5 Å². The molecule has 0 radical (unpaired) electrons. The number of benzene rings is 2. The average molecular weight is 283 g/mol. The van der Waals surface area contributed by atoms with Crippen molar-refractivity contribution < 1.29 is 9.66 Å². The van der Waals surface area contributed by atoms with Crippen molar-refractivity contribution in [2.24, 2.45) is 0 Å². The lowest BCUT2D eigenvalue weighted by Crippen LogP contribution is -2.09. The van der Waals surface area contributed by atoms with Gasteiger partial charge in [-0.3, -0.25) is 10.1 Å². The first-order valence-electron chi connectivity index (χ1n) is 6.19. The number of nitriles is 1. The number of para-hydroxylation sites is 2. The first kappa shape index (κ1) is 14.3. The highest BCUT2D eigenvalue weighted by molar-refractivity contribution is 5.58. The normalized spacial score (nSPS) is 11.2. The smallest absolute Gasteiger partial charge is 0.269 e. The highest BCUT2D eigenvalue weighted by Crippen LogP contribution is 2.28. The predicted molar refractivity (Wildman–Crippen MR) is 78.1 cm³/mol. The summed E-state index contributed by atoms with van der Waals surface area (Å²) < 4.78 is 5.21. The standard InChI is InChI=1S/C15H13N3O3/c1-21-15-8-3-2-7-13(15)17-14(10-16)11-5-4-6-12(9-11)18(19)20/h2-9,14,17H,1H3/t14-/m1/s1. The van der Waals surface area contributed by atoms with Crippen molar-refractivity contribution in [2.45, 2.75) is 6.04 Å². The van der Waals surface area contributed by atoms with Crippen LogP contribution in [0, 0.1) is 21.4 Å². The lowest BCUT2D eigenvalue weighted by Gasteiger charge is -2.15. The molecule has 21 heavy (non-hydrogen) atoms. The second-order valence-corrected chi connectivity index (χ2v) is 4.26. The SMILES string of the molecule is COc1ccccc1N[C@H](C#N)c1cccc([N+](=O)[O-])c1. The Morgan fingerprint density at radius 2 is 2.05 bits per heavy atom. The van der Waals surface area contributed by atoms with Gasteiger partial charge >= 0.3 is 0 Å². The van der Waals surface area contributed by atoms with E-state index in [2.05, 4.69) is 11.4 Å². The third-order valence-corrected chi connectivity index (χ3v) is 2.95. The monoisotopic (exact) mass is 283 g/mol. The minimum absolute atomic E-state index is 0.0467. The van der Waals surface area contributed by atoms with Crippen molar-refractivity contribution in [1.82, 2.24) is 0 Å². The molecule has 1 atom stereocenters. The molecular formula is C15H13N3O3. The molecular weight excluding hydrogens is 270 g/mol. The summed E-state index contributed by atoms with van der Waals surface area (Å²) in [5.74, 6) is 0.600. The first-order valence-corrected chi connectivity index (χ1v) is 6.19. The molecule has 0 aromatic heterocycles. The number of ether oxygens (including phenoxy) is 1. The van der Waals surface area contributed by atoms with Crippen molar-refractivity contribution >= 4 is 11.4 Å². The number of nitrogens with one attached hydrogen (secondary N) is 1. The molecule has 2 aromatic carbocycles. The van der Waals surface area contributed by atoms with Crippen LogP contribution in [0.4, 0.5) is 11.4 Å². The molecule has 2 rings (SSSR count). The summed E-state index contributed by atoms with van der Waals surface area (Å²) in [6, 6.07) is 14.6. The summed E-state index contributed by atoms with van der Waals surface area (Å²) in [5, 5.41) is 23.1. The third-order valence-electron chi connectivity index (χ3n) is 2.95. The number of non-ortho nitro benzene ring substituents is 1. The van der Waals surface area contributed by atoms with Gasteiger partial charge in [0.25, 0.3) is 5.69 Å². The second-order valence-electron chi connectivity index (χ2n) is 4.26. The van der Waals surface area contributed by atoms with Crippen LogP contribution in [0.1, 0.15) is 11.6 Å². The number of hydrogen-bond acceptors (Lipinski definition) is 5. The van der Waals surface area contributed by atoms with Crippen molar-refractivity contribution in [1.29, 1.82) is 5.26 Å². The zero-order valence-electron chi connectivity index (χ0n) is 11.3. The lowest BCUT2D eigenvalue weighted by atomic mass is 10.1. The lowest BCUT2D eigenvalue weighted by molar-refractivity contribution is -0.384. The second kappa shape index (κ2) is 6.39. The van der Waals surface area contributed by atoms with Crippen molar-refractivity contribution in [3.05, 3.63) is 64.2 Å². The van der Waals surface area contributed by atoms with E-state index in [1.54, 1.807) is 24.3 Å². The van der Waals surface area contributed by atoms with Gasteiger partial charge in [0.1, 0.15) is 11.8 Å². The van der Waals surface area contributed by atoms with E-state index in [4.69, 9.17) is 4.74 Å². The minimum atomic E-state index is -0.707. The van der Waals surface area contributed by atoms with Gasteiger partial charge in [0.2, 0.25) is 0 Å². The summed E-state index contributed by atoms with van der Waals surface area (Å²) in [4.78, 5) is 10.3. The van der Waals surface area contributed by atoms with Gasteiger partial charge < -0.3 is 10.1 Å². The highest BCUT2D eigenvalue weighted by Gasteiger charge is 2.15. The molecule has 0 bridgehead atoms. The Kier molecular flexibility index (Phi) is 4.36. The number of nitro groups is 1. The van der Waals surface area contributed by atoms with Crippen LogP contribution < -0.4 is 10.1 Å². The Morgan fingerprint density at radius 3 is 2.71 bits per heavy atom. The Hall–Kier alpha value is -3.07. The number of nitrogens with zero attached hydrogens (tertiary/aromatic N) is 2. The molecule has 0 saturated heterocycles. The van der Waals surface area contributed by atoms with Gasteiger partial charge in [0.05, 0.1) is 23.8 Å². The van der Waals surface area contributed by atoms with E-state index in [0.717, 1.165) is 0 Å². The van der Waals surface area contributed by atoms with Crippen LogP contribution in [-0.4, -0.2) is 12.0 Å². The number of rotatable bonds is 5. The van der Waals surface area contributed by atoms with Crippen LogP contribution in [0.3, 0.4) is 0 Å². The zero-order valence-corrected chi connectivity index (χ0v) is 11.3. The summed E-state index contributed by atoms with van der Waals surface area (Å²) in [6.07, 6.45) is 0. The van der Waals surface area contributed by atoms with Gasteiger partial charge in [-0.2, -0.15) is 5.26 Å². The highest BCUT2D eigenvalue weighted by atomic mass is 16.6. The molecule has 0 amide bonds. The molecule has 0 aliphatic heterocycles. The molecule has 1 N–H and O–H groups in total. The fourth-order valence-corrected chi connectivity index (χ4v) is 1.93. The Labute approximate surface area is 121 Å². The largest absolute Gasteiger partial charge is 0.495 e. The molecule has 2 aromatic rings. The van der Waals surface area contributed by atoms with E-state index >= 15 is 0 Å². The predicted octanol–water partition coefficient (Wildman–Crippen LogP) is 3.28. The summed E-state index contributed by atoms with van der Waals surface area (Å²) in [5.41, 5.74) is 1.13. The van der Waals surface area contributed by atoms with Gasteiger partial charge in [0, 0.05) is 12.1 Å². The zero-order chi connectivity index (χ0) is 15.2. The summed E-state index contributed by atoms with van der Waals surface area (Å²) in [6.45, 7) is 0. The van der Waals surface area contributed by atoms with Crippen LogP contribution in [0.2, 0.25) is 0 Å². The fraction of sp³-hybridized carbons (Fsp3) is 0.133. The Balaban J connectivity index is 2.30. The maximum Gasteiger partial charge on any atom is 0.269 e. The Bertz CT molecular complexity index is 695. The van der Waals surface area contributed by atoms with Crippen molar-refractivity contribution in [3.63, 3.8) is 0 Å². The topological polar surface area (TPSA) is 88.2 Å². The van der Waals surface area contributed by atoms with Gasteiger partial charge in [0.15, 0.2) is 0 Å². The number of nitro benzene ring substituents is 1. The molecule has 0 fully saturated rings. The quantitative estimate of drug-likeness (QED) is 0.672. The average Bonchev–Trinajstić information content (AvgIpc) is 2.53. The molecule has 0 aliphatic carbocycles. The molecule has 0 unspecified atom stereocenters. The maximum atomic E-state index is 10.8. The van der Waals surface area contributed by atoms with Crippen LogP contribution in [-0.2, 0) is 0 Å². The van der Waals surface area contributed by atoms with Gasteiger partial charge in [-0.25, -0.2) is 0 Å². The van der Waals surface area contributed by atoms with Gasteiger partial charge in [-0.15, -0.1) is 0 Å². The third kappa shape index (κ3) is 3.28. The molecule has 0 aliphatic rings. The maximum absolute atomic E-state index is 10.8. The molecule has 6 nitrogen and oxygen atoms in total. The molecule has 0 spiro atoms. The first-order chi connectivity index (χ1) is 10.2. The molecule has 106 valence electrons. The van der Waals surface area contributed by atoms with Crippen molar-refractivity contribution in [3.8, 4) is 11.8 Å². The number of anilines is 1. The molecule has 0 heterocycles. The number of methoxy groups -OCH3 is 1. The summed E-state index contributed by atoms with van der Waals surface area (Å²) in [7, 11) is 1.54. The van der Waals surface area contributed by atoms with Crippen LogP contribution in [0.25, 0.3) is 0 Å². The fourth-order valence-electron chi connectivity index (χ4n) is 1.93. The van der Waals surface area contributed by atoms with E-state index in [1.165, 1.54) is 19.2 Å². The molecule has 6 heteroatoms. The van der Waals surface area contributed by atoms with Crippen LogP contribution in [0.5, 0.6) is 5.75 Å². The van der Waals surface area contributed by atoms with E-state index < -0.39 is 11.0 Å². The number of hydrogen-bond donors (Lipinski definition) is 1. The Morgan fingerprint density at radius 1 is 1.29 bits per heavy atom. The van der Waals surface area contributed by atoms with E-state index in [0.29, 0.717) is 17.0 Å². The molecule has 0 saturated carbocycles. The summed E-state index contributed by atoms with van der Waals surface area (Å²) >= 11 is 0. The van der Waals surface area contributed by atoms with Crippen LogP contribution >= 0.6 is 0 Å². The van der Waals surface area contributed by atoms with Gasteiger partial charge in [-0.1, -0.05) is 24.3 Å².